The van der Waals surface area contributed by atoms with Crippen LogP contribution in [0.4, 0.5) is 17.6 Å². The minimum absolute atomic E-state index is 0.189. The fourth-order valence-electron chi connectivity index (χ4n) is 1.47. The molecule has 1 atom stereocenters. The summed E-state index contributed by atoms with van der Waals surface area (Å²) in [5.41, 5.74) is 4.85. The molecule has 0 aromatic heterocycles. The van der Waals surface area contributed by atoms with Gasteiger partial charge in [-0.3, -0.25) is 0 Å². The Hall–Kier alpha value is -1.10. The largest absolute Gasteiger partial charge is 0.416 e. The van der Waals surface area contributed by atoms with Crippen LogP contribution < -0.4 is 5.73 Å². The van der Waals surface area contributed by atoms with Gasteiger partial charge < -0.3 is 5.73 Å². The maximum atomic E-state index is 13.0. The molecule has 0 unspecified atom stereocenters. The van der Waals surface area contributed by atoms with E-state index in [1.807, 2.05) is 6.92 Å². The van der Waals surface area contributed by atoms with E-state index >= 15 is 0 Å². The molecular formula is C11H13F4N. The second-order valence-electron chi connectivity index (χ2n) is 3.67. The molecule has 0 aliphatic rings. The highest BCUT2D eigenvalue weighted by Crippen LogP contribution is 2.31. The van der Waals surface area contributed by atoms with Gasteiger partial charge in [-0.2, -0.15) is 13.2 Å². The fraction of sp³-hybridized carbons (Fsp3) is 0.455. The molecule has 0 aliphatic carbocycles. The standard InChI is InChI=1S/C11H13F4N/c1-2-3-10(16)7-4-8(11(13,14)15)6-9(12)5-7/h4-6,10H,2-3,16H2,1H3/t10-/m0/s1. The number of hydrogen-bond acceptors (Lipinski definition) is 1. The van der Waals surface area contributed by atoms with Crippen molar-refractivity contribution in [1.82, 2.24) is 0 Å². The Morgan fingerprint density at radius 1 is 1.25 bits per heavy atom. The first-order chi connectivity index (χ1) is 7.34. The van der Waals surface area contributed by atoms with E-state index in [-0.39, 0.29) is 5.56 Å². The van der Waals surface area contributed by atoms with Crippen molar-refractivity contribution in [3.8, 4) is 0 Å². The highest BCUT2D eigenvalue weighted by atomic mass is 19.4. The van der Waals surface area contributed by atoms with Crippen LogP contribution in [-0.2, 0) is 6.18 Å². The first-order valence-corrected chi connectivity index (χ1v) is 4.98. The molecule has 0 aliphatic heterocycles. The number of benzene rings is 1. The van der Waals surface area contributed by atoms with E-state index in [4.69, 9.17) is 5.73 Å². The Morgan fingerprint density at radius 2 is 1.88 bits per heavy atom. The topological polar surface area (TPSA) is 26.0 Å². The SMILES string of the molecule is CCC[C@H](N)c1cc(F)cc(C(F)(F)F)c1. The van der Waals surface area contributed by atoms with E-state index in [2.05, 4.69) is 0 Å². The molecule has 0 spiro atoms. The number of hydrogen-bond donors (Lipinski definition) is 1. The smallest absolute Gasteiger partial charge is 0.324 e. The summed E-state index contributed by atoms with van der Waals surface area (Å²) >= 11 is 0. The number of halogens is 4. The molecule has 1 aromatic carbocycles. The molecule has 0 saturated carbocycles. The zero-order chi connectivity index (χ0) is 12.3. The zero-order valence-corrected chi connectivity index (χ0v) is 8.81. The first kappa shape index (κ1) is 13.0. The molecule has 16 heavy (non-hydrogen) atoms. The van der Waals surface area contributed by atoms with Crippen molar-refractivity contribution in [2.24, 2.45) is 5.73 Å². The van der Waals surface area contributed by atoms with E-state index < -0.39 is 23.6 Å². The van der Waals surface area contributed by atoms with Crippen LogP contribution in [0.25, 0.3) is 0 Å². The lowest BCUT2D eigenvalue weighted by molar-refractivity contribution is -0.137. The van der Waals surface area contributed by atoms with Crippen LogP contribution in [-0.4, -0.2) is 0 Å². The van der Waals surface area contributed by atoms with Gasteiger partial charge in [-0.05, 0) is 30.2 Å². The second kappa shape index (κ2) is 4.82. The van der Waals surface area contributed by atoms with Crippen molar-refractivity contribution >= 4 is 0 Å². The molecule has 0 bridgehead atoms. The lowest BCUT2D eigenvalue weighted by atomic mass is 10.0. The summed E-state index contributed by atoms with van der Waals surface area (Å²) < 4.78 is 50.2. The molecule has 0 saturated heterocycles. The Labute approximate surface area is 91.3 Å². The minimum Gasteiger partial charge on any atom is -0.324 e. The van der Waals surface area contributed by atoms with Gasteiger partial charge in [0.1, 0.15) is 5.82 Å². The predicted octanol–water partition coefficient (Wildman–Crippen LogP) is 3.64. The lowest BCUT2D eigenvalue weighted by Gasteiger charge is -2.14. The summed E-state index contributed by atoms with van der Waals surface area (Å²) in [6, 6.07) is 1.88. The normalized spacial score (nSPS) is 13.9. The van der Waals surface area contributed by atoms with Crippen LogP contribution in [0.2, 0.25) is 0 Å². The van der Waals surface area contributed by atoms with Gasteiger partial charge in [-0.15, -0.1) is 0 Å². The average Bonchev–Trinajstić information content (AvgIpc) is 2.16. The Morgan fingerprint density at radius 3 is 2.38 bits per heavy atom. The minimum atomic E-state index is -4.54. The summed E-state index contributed by atoms with van der Waals surface area (Å²) in [7, 11) is 0. The van der Waals surface area contributed by atoms with Gasteiger partial charge in [-0.25, -0.2) is 4.39 Å². The van der Waals surface area contributed by atoms with Gasteiger partial charge in [0, 0.05) is 6.04 Å². The van der Waals surface area contributed by atoms with Crippen molar-refractivity contribution in [2.75, 3.05) is 0 Å². The third-order valence-corrected chi connectivity index (χ3v) is 2.28. The highest BCUT2D eigenvalue weighted by Gasteiger charge is 2.31. The van der Waals surface area contributed by atoms with Gasteiger partial charge in [0.05, 0.1) is 5.56 Å². The van der Waals surface area contributed by atoms with Gasteiger partial charge in [0.25, 0.3) is 0 Å². The summed E-state index contributed by atoms with van der Waals surface area (Å²) in [6.07, 6.45) is -3.28. The van der Waals surface area contributed by atoms with E-state index in [1.165, 1.54) is 0 Å². The third-order valence-electron chi connectivity index (χ3n) is 2.28. The summed E-state index contributed by atoms with van der Waals surface area (Å²) in [5.74, 6) is -0.906. The first-order valence-electron chi connectivity index (χ1n) is 4.98. The van der Waals surface area contributed by atoms with Crippen molar-refractivity contribution in [1.29, 1.82) is 0 Å². The van der Waals surface area contributed by atoms with Crippen molar-refractivity contribution in [3.05, 3.63) is 35.1 Å². The molecule has 5 heteroatoms. The van der Waals surface area contributed by atoms with E-state index in [1.54, 1.807) is 0 Å². The predicted molar refractivity (Wildman–Crippen MR) is 53.2 cm³/mol. The molecule has 0 amide bonds. The summed E-state index contributed by atoms with van der Waals surface area (Å²) in [4.78, 5) is 0. The van der Waals surface area contributed by atoms with Gasteiger partial charge >= 0.3 is 6.18 Å². The van der Waals surface area contributed by atoms with E-state index in [9.17, 15) is 17.6 Å². The fourth-order valence-corrected chi connectivity index (χ4v) is 1.47. The van der Waals surface area contributed by atoms with Crippen LogP contribution >= 0.6 is 0 Å². The zero-order valence-electron chi connectivity index (χ0n) is 8.81. The molecule has 0 heterocycles. The van der Waals surface area contributed by atoms with Crippen molar-refractivity contribution in [3.63, 3.8) is 0 Å². The molecular weight excluding hydrogens is 222 g/mol. The number of nitrogens with two attached hydrogens (primary N) is 1. The number of alkyl halides is 3. The van der Waals surface area contributed by atoms with Crippen molar-refractivity contribution in [2.45, 2.75) is 32.0 Å². The van der Waals surface area contributed by atoms with Crippen molar-refractivity contribution < 1.29 is 17.6 Å². The number of rotatable bonds is 3. The van der Waals surface area contributed by atoms with Crippen LogP contribution in [0.15, 0.2) is 18.2 Å². The van der Waals surface area contributed by atoms with Crippen LogP contribution in [0.1, 0.15) is 36.9 Å². The van der Waals surface area contributed by atoms with Crippen LogP contribution in [0.5, 0.6) is 0 Å². The maximum Gasteiger partial charge on any atom is 0.416 e. The third kappa shape index (κ3) is 3.20. The van der Waals surface area contributed by atoms with E-state index in [0.29, 0.717) is 12.5 Å². The van der Waals surface area contributed by atoms with E-state index in [0.717, 1.165) is 18.6 Å². The molecule has 1 aromatic rings. The van der Waals surface area contributed by atoms with Gasteiger partial charge in [0.2, 0.25) is 0 Å². The molecule has 0 radical (unpaired) electrons. The lowest BCUT2D eigenvalue weighted by Crippen LogP contribution is -2.13. The molecule has 90 valence electrons. The van der Waals surface area contributed by atoms with Gasteiger partial charge in [0.15, 0.2) is 0 Å². The monoisotopic (exact) mass is 235 g/mol. The van der Waals surface area contributed by atoms with Gasteiger partial charge in [-0.1, -0.05) is 13.3 Å². The molecule has 1 rings (SSSR count). The quantitative estimate of drug-likeness (QED) is 0.795. The summed E-state index contributed by atoms with van der Waals surface area (Å²) in [5, 5.41) is 0. The Kier molecular flexibility index (Phi) is 3.91. The second-order valence-corrected chi connectivity index (χ2v) is 3.67. The highest BCUT2D eigenvalue weighted by molar-refractivity contribution is 5.28. The Balaban J connectivity index is 3.08. The van der Waals surface area contributed by atoms with Crippen LogP contribution in [0.3, 0.4) is 0 Å². The molecule has 1 nitrogen and oxygen atoms in total. The summed E-state index contributed by atoms with van der Waals surface area (Å²) in [6.45, 7) is 1.86. The van der Waals surface area contributed by atoms with Crippen LogP contribution in [0, 0.1) is 5.82 Å². The Bertz CT molecular complexity index is 359. The molecule has 2 N–H and O–H groups in total. The average molecular weight is 235 g/mol. The maximum absolute atomic E-state index is 13.0. The molecule has 0 fully saturated rings.